The summed E-state index contributed by atoms with van der Waals surface area (Å²) in [5.41, 5.74) is 0.772. The highest BCUT2D eigenvalue weighted by molar-refractivity contribution is 5.94. The number of morpholine rings is 1. The molecule has 1 aromatic rings. The van der Waals surface area contributed by atoms with Crippen LogP contribution < -0.4 is 0 Å². The molecule has 1 fully saturated rings. The van der Waals surface area contributed by atoms with E-state index < -0.39 is 12.0 Å². The molecule has 19 heavy (non-hydrogen) atoms. The van der Waals surface area contributed by atoms with Crippen molar-refractivity contribution in [1.29, 1.82) is 0 Å². The van der Waals surface area contributed by atoms with Crippen molar-refractivity contribution in [3.8, 4) is 0 Å². The van der Waals surface area contributed by atoms with Crippen molar-refractivity contribution in [2.45, 2.75) is 6.04 Å². The van der Waals surface area contributed by atoms with Crippen molar-refractivity contribution in [2.24, 2.45) is 7.05 Å². The van der Waals surface area contributed by atoms with Crippen LogP contribution in [-0.4, -0.2) is 57.5 Å². The first-order valence-corrected chi connectivity index (χ1v) is 5.87. The number of aliphatic carboxylic acids is 1. The van der Waals surface area contributed by atoms with E-state index >= 15 is 0 Å². The van der Waals surface area contributed by atoms with Gasteiger partial charge in [0.05, 0.1) is 18.9 Å². The summed E-state index contributed by atoms with van der Waals surface area (Å²) in [5.74, 6) is -1.39. The molecule has 1 N–H and O–H groups in total. The van der Waals surface area contributed by atoms with Gasteiger partial charge in [-0.05, 0) is 12.1 Å². The molecule has 0 saturated carbocycles. The molecule has 1 amide bonds. The summed E-state index contributed by atoms with van der Waals surface area (Å²) in [6.45, 7) is 0.668. The van der Waals surface area contributed by atoms with Gasteiger partial charge in [0.1, 0.15) is 0 Å². The Hall–Kier alpha value is -2.15. The zero-order valence-electron chi connectivity index (χ0n) is 10.5. The molecule has 0 spiro atoms. The fourth-order valence-electron chi connectivity index (χ4n) is 1.87. The Morgan fingerprint density at radius 3 is 3.00 bits per heavy atom. The molecule has 1 atom stereocenters. The minimum absolute atomic E-state index is 0.0284. The fraction of sp³-hybridized carbons (Fsp3) is 0.417. The van der Waals surface area contributed by atoms with Crippen LogP contribution in [0.15, 0.2) is 18.3 Å². The highest BCUT2D eigenvalue weighted by Gasteiger charge is 2.31. The van der Waals surface area contributed by atoms with Crippen molar-refractivity contribution < 1.29 is 19.4 Å². The standard InChI is InChI=1S/C12H15N3O4/c1-14-9(4-5-13-14)2-3-11(16)15-6-7-19-8-10(15)12(17)18/h2-5,10H,6-8H2,1H3,(H,17,18)/b3-2-/t10-/m0/s1. The topological polar surface area (TPSA) is 84.7 Å². The smallest absolute Gasteiger partial charge is 0.328 e. The van der Waals surface area contributed by atoms with E-state index in [2.05, 4.69) is 5.10 Å². The molecule has 1 aliphatic heterocycles. The molecular weight excluding hydrogens is 250 g/mol. The van der Waals surface area contributed by atoms with Crippen molar-refractivity contribution in [1.82, 2.24) is 14.7 Å². The lowest BCUT2D eigenvalue weighted by Crippen LogP contribution is -2.52. The van der Waals surface area contributed by atoms with Crippen LogP contribution in [0.3, 0.4) is 0 Å². The second kappa shape index (κ2) is 5.66. The zero-order valence-corrected chi connectivity index (χ0v) is 10.5. The van der Waals surface area contributed by atoms with Crippen LogP contribution in [0.1, 0.15) is 5.69 Å². The maximum atomic E-state index is 12.0. The highest BCUT2D eigenvalue weighted by atomic mass is 16.5. The summed E-state index contributed by atoms with van der Waals surface area (Å²) >= 11 is 0. The molecule has 1 aromatic heterocycles. The van der Waals surface area contributed by atoms with Gasteiger partial charge in [-0.2, -0.15) is 5.10 Å². The van der Waals surface area contributed by atoms with Crippen molar-refractivity contribution in [3.63, 3.8) is 0 Å². The van der Waals surface area contributed by atoms with E-state index in [-0.39, 0.29) is 19.1 Å². The van der Waals surface area contributed by atoms with Crippen molar-refractivity contribution >= 4 is 18.0 Å². The van der Waals surface area contributed by atoms with Gasteiger partial charge in [0.2, 0.25) is 5.91 Å². The molecule has 0 unspecified atom stereocenters. The van der Waals surface area contributed by atoms with E-state index in [4.69, 9.17) is 9.84 Å². The first kappa shape index (κ1) is 13.3. The van der Waals surface area contributed by atoms with Gasteiger partial charge in [0.15, 0.2) is 6.04 Å². The quantitative estimate of drug-likeness (QED) is 0.761. The van der Waals surface area contributed by atoms with Crippen LogP contribution in [0.25, 0.3) is 6.08 Å². The molecule has 1 aliphatic rings. The van der Waals surface area contributed by atoms with Gasteiger partial charge >= 0.3 is 5.97 Å². The Bertz CT molecular complexity index is 509. The number of aryl methyl sites for hydroxylation is 1. The maximum absolute atomic E-state index is 12.0. The second-order valence-corrected chi connectivity index (χ2v) is 4.17. The van der Waals surface area contributed by atoms with E-state index in [0.717, 1.165) is 5.69 Å². The largest absolute Gasteiger partial charge is 0.480 e. The summed E-state index contributed by atoms with van der Waals surface area (Å²) in [5, 5.41) is 13.0. The van der Waals surface area contributed by atoms with Crippen LogP contribution >= 0.6 is 0 Å². The third-order valence-electron chi connectivity index (χ3n) is 2.95. The van der Waals surface area contributed by atoms with Gasteiger partial charge < -0.3 is 14.7 Å². The fourth-order valence-corrected chi connectivity index (χ4v) is 1.87. The molecule has 0 bridgehead atoms. The van der Waals surface area contributed by atoms with Gasteiger partial charge in [0, 0.05) is 25.9 Å². The van der Waals surface area contributed by atoms with Gasteiger partial charge in [-0.15, -0.1) is 0 Å². The number of hydrogen-bond donors (Lipinski definition) is 1. The Kier molecular flexibility index (Phi) is 3.96. The van der Waals surface area contributed by atoms with E-state index in [9.17, 15) is 9.59 Å². The summed E-state index contributed by atoms with van der Waals surface area (Å²) in [6, 6.07) is 0.843. The van der Waals surface area contributed by atoms with Crippen LogP contribution in [0.4, 0.5) is 0 Å². The second-order valence-electron chi connectivity index (χ2n) is 4.17. The molecular formula is C12H15N3O4. The van der Waals surface area contributed by atoms with E-state index in [0.29, 0.717) is 6.61 Å². The number of rotatable bonds is 3. The molecule has 2 heterocycles. The molecule has 0 radical (unpaired) electrons. The lowest BCUT2D eigenvalue weighted by molar-refractivity contribution is -0.156. The lowest BCUT2D eigenvalue weighted by Gasteiger charge is -2.31. The molecule has 7 heteroatoms. The van der Waals surface area contributed by atoms with Gasteiger partial charge in [0.25, 0.3) is 0 Å². The first-order chi connectivity index (χ1) is 9.09. The Morgan fingerprint density at radius 2 is 2.37 bits per heavy atom. The number of aromatic nitrogens is 2. The van der Waals surface area contributed by atoms with Gasteiger partial charge in [-0.3, -0.25) is 9.48 Å². The number of carboxylic acid groups (broad SMARTS) is 1. The summed E-state index contributed by atoms with van der Waals surface area (Å²) in [4.78, 5) is 24.4. The van der Waals surface area contributed by atoms with Gasteiger partial charge in [-0.25, -0.2) is 4.79 Å². The minimum atomic E-state index is -1.05. The highest BCUT2D eigenvalue weighted by Crippen LogP contribution is 2.09. The summed E-state index contributed by atoms with van der Waals surface area (Å²) in [7, 11) is 1.76. The first-order valence-electron chi connectivity index (χ1n) is 5.87. The van der Waals surface area contributed by atoms with Gasteiger partial charge in [-0.1, -0.05) is 0 Å². The third-order valence-corrected chi connectivity index (χ3v) is 2.95. The zero-order chi connectivity index (χ0) is 13.8. The molecule has 2 rings (SSSR count). The Balaban J connectivity index is 2.08. The van der Waals surface area contributed by atoms with E-state index in [1.54, 1.807) is 30.1 Å². The SMILES string of the molecule is Cn1nccc1/C=C\C(=O)N1CCOC[C@H]1C(=O)O. The number of hydrogen-bond acceptors (Lipinski definition) is 4. The number of carbonyl (C=O) groups is 2. The predicted octanol–water partition coefficient (Wildman–Crippen LogP) is -0.255. The average molecular weight is 265 g/mol. The Morgan fingerprint density at radius 1 is 1.58 bits per heavy atom. The van der Waals surface area contributed by atoms with Crippen LogP contribution in [-0.2, 0) is 21.4 Å². The Labute approximate surface area is 110 Å². The molecule has 7 nitrogen and oxygen atoms in total. The van der Waals surface area contributed by atoms with Crippen LogP contribution in [0.5, 0.6) is 0 Å². The van der Waals surface area contributed by atoms with Crippen molar-refractivity contribution in [3.05, 3.63) is 24.0 Å². The summed E-state index contributed by atoms with van der Waals surface area (Å²) in [6.07, 6.45) is 4.60. The van der Waals surface area contributed by atoms with Crippen molar-refractivity contribution in [2.75, 3.05) is 19.8 Å². The molecule has 102 valence electrons. The monoisotopic (exact) mass is 265 g/mol. The average Bonchev–Trinajstić information content (AvgIpc) is 2.81. The van der Waals surface area contributed by atoms with Crippen LogP contribution in [0, 0.1) is 0 Å². The lowest BCUT2D eigenvalue weighted by atomic mass is 10.2. The molecule has 1 saturated heterocycles. The molecule has 0 aromatic carbocycles. The maximum Gasteiger partial charge on any atom is 0.328 e. The number of amides is 1. The number of nitrogens with zero attached hydrogens (tertiary/aromatic N) is 3. The van der Waals surface area contributed by atoms with E-state index in [1.165, 1.54) is 11.0 Å². The number of carboxylic acids is 1. The van der Waals surface area contributed by atoms with E-state index in [1.807, 2.05) is 0 Å². The van der Waals surface area contributed by atoms with Crippen LogP contribution in [0.2, 0.25) is 0 Å². The predicted molar refractivity (Wildman–Crippen MR) is 66.2 cm³/mol. The number of ether oxygens (including phenoxy) is 1. The number of carbonyl (C=O) groups excluding carboxylic acids is 1. The normalized spacial score (nSPS) is 19.8. The minimum Gasteiger partial charge on any atom is -0.480 e. The third kappa shape index (κ3) is 3.00. The molecule has 0 aliphatic carbocycles. The summed E-state index contributed by atoms with van der Waals surface area (Å²) < 4.78 is 6.70.